The molecule has 4 aromatic rings. The molecule has 1 atom stereocenters. The van der Waals surface area contributed by atoms with Crippen molar-refractivity contribution in [1.29, 1.82) is 0 Å². The Bertz CT molecular complexity index is 1180. The standard InChI is InChI=1S/C23H20N4O2S/c28-22(6-4-19-2-1-13-30-19)26-11-12-29-21(15-26)23-20-5-3-18(14-27(20)16-25-23)17-7-9-24-10-8-17/h1-10,13-14,16,21H,11-12,15H2/b6-4+. The van der Waals surface area contributed by atoms with E-state index >= 15 is 0 Å². The van der Waals surface area contributed by atoms with Crippen LogP contribution >= 0.6 is 11.3 Å². The van der Waals surface area contributed by atoms with E-state index in [2.05, 4.69) is 28.3 Å². The summed E-state index contributed by atoms with van der Waals surface area (Å²) in [5.41, 5.74) is 4.04. The van der Waals surface area contributed by atoms with E-state index in [0.29, 0.717) is 19.7 Å². The monoisotopic (exact) mass is 416 g/mol. The molecule has 7 heteroatoms. The van der Waals surface area contributed by atoms with Gasteiger partial charge in [0.05, 0.1) is 30.7 Å². The second kappa shape index (κ2) is 8.22. The predicted octanol–water partition coefficient (Wildman–Crippen LogP) is 4.07. The van der Waals surface area contributed by atoms with Gasteiger partial charge in [0.15, 0.2) is 0 Å². The maximum atomic E-state index is 12.6. The summed E-state index contributed by atoms with van der Waals surface area (Å²) in [5.74, 6) is 0.000174. The first kappa shape index (κ1) is 18.7. The number of hydrogen-bond acceptors (Lipinski definition) is 5. The molecule has 0 bridgehead atoms. The van der Waals surface area contributed by atoms with E-state index in [9.17, 15) is 4.79 Å². The summed E-state index contributed by atoms with van der Waals surface area (Å²) in [5, 5.41) is 2.00. The van der Waals surface area contributed by atoms with Gasteiger partial charge >= 0.3 is 0 Å². The molecule has 1 fully saturated rings. The second-order valence-corrected chi connectivity index (χ2v) is 8.05. The summed E-state index contributed by atoms with van der Waals surface area (Å²) in [6.07, 6.45) is 10.7. The van der Waals surface area contributed by atoms with Crippen molar-refractivity contribution in [3.05, 3.63) is 83.3 Å². The van der Waals surface area contributed by atoms with Crippen LogP contribution in [0.4, 0.5) is 0 Å². The number of nitrogens with zero attached hydrogens (tertiary/aromatic N) is 4. The molecule has 30 heavy (non-hydrogen) atoms. The van der Waals surface area contributed by atoms with Gasteiger partial charge in [-0.2, -0.15) is 0 Å². The smallest absolute Gasteiger partial charge is 0.246 e. The van der Waals surface area contributed by atoms with Crippen molar-refractivity contribution in [2.45, 2.75) is 6.10 Å². The summed E-state index contributed by atoms with van der Waals surface area (Å²) in [6, 6.07) is 12.1. The van der Waals surface area contributed by atoms with Crippen LogP contribution in [0.2, 0.25) is 0 Å². The zero-order valence-corrected chi connectivity index (χ0v) is 17.0. The SMILES string of the molecule is O=C(/C=C/c1cccs1)N1CCOC(c2ncn3cc(-c4ccncc4)ccc23)C1. The van der Waals surface area contributed by atoms with E-state index in [1.165, 1.54) is 0 Å². The van der Waals surface area contributed by atoms with Crippen LogP contribution in [0.1, 0.15) is 16.7 Å². The Morgan fingerprint density at radius 2 is 2.07 bits per heavy atom. The number of fused-ring (bicyclic) bond motifs is 1. The van der Waals surface area contributed by atoms with Gasteiger partial charge in [-0.25, -0.2) is 4.98 Å². The Hall–Kier alpha value is -3.29. The van der Waals surface area contributed by atoms with Gasteiger partial charge in [0.2, 0.25) is 5.91 Å². The van der Waals surface area contributed by atoms with Crippen LogP contribution < -0.4 is 0 Å². The van der Waals surface area contributed by atoms with Gasteiger partial charge in [-0.05, 0) is 46.8 Å². The molecule has 0 spiro atoms. The van der Waals surface area contributed by atoms with Crippen LogP contribution in [0.5, 0.6) is 0 Å². The molecule has 0 saturated carbocycles. The van der Waals surface area contributed by atoms with Gasteiger partial charge < -0.3 is 14.0 Å². The third-order valence-electron chi connectivity index (χ3n) is 5.19. The van der Waals surface area contributed by atoms with Gasteiger partial charge in [-0.3, -0.25) is 9.78 Å². The fraction of sp³-hybridized carbons (Fsp3) is 0.174. The number of amides is 1. The normalized spacial score (nSPS) is 17.1. The van der Waals surface area contributed by atoms with Gasteiger partial charge in [0.25, 0.3) is 0 Å². The van der Waals surface area contributed by atoms with Crippen LogP contribution in [0.3, 0.4) is 0 Å². The molecule has 4 aromatic heterocycles. The van der Waals surface area contributed by atoms with Crippen molar-refractivity contribution in [2.24, 2.45) is 0 Å². The molecule has 0 aliphatic carbocycles. The van der Waals surface area contributed by atoms with Gasteiger partial charge in [0.1, 0.15) is 6.10 Å². The van der Waals surface area contributed by atoms with E-state index < -0.39 is 0 Å². The van der Waals surface area contributed by atoms with Crippen LogP contribution in [0, 0.1) is 0 Å². The Kier molecular flexibility index (Phi) is 5.13. The van der Waals surface area contributed by atoms with Crippen LogP contribution in [0.15, 0.2) is 72.8 Å². The van der Waals surface area contributed by atoms with Crippen molar-refractivity contribution in [1.82, 2.24) is 19.3 Å². The minimum atomic E-state index is -0.241. The minimum absolute atomic E-state index is 0.000174. The van der Waals surface area contributed by atoms with Gasteiger partial charge in [-0.15, -0.1) is 11.3 Å². The average Bonchev–Trinajstić information content (AvgIpc) is 3.47. The molecule has 0 radical (unpaired) electrons. The van der Waals surface area contributed by atoms with E-state index in [1.54, 1.807) is 36.1 Å². The molecular formula is C23H20N4O2S. The summed E-state index contributed by atoms with van der Waals surface area (Å²) >= 11 is 1.61. The zero-order valence-electron chi connectivity index (χ0n) is 16.2. The molecule has 5 rings (SSSR count). The first-order valence-corrected chi connectivity index (χ1v) is 10.6. The molecule has 0 N–H and O–H groups in total. The van der Waals surface area contributed by atoms with Gasteiger partial charge in [-0.1, -0.05) is 12.1 Å². The Balaban J connectivity index is 1.35. The molecule has 1 saturated heterocycles. The van der Waals surface area contributed by atoms with Crippen molar-refractivity contribution in [3.63, 3.8) is 0 Å². The number of aromatic nitrogens is 3. The maximum absolute atomic E-state index is 12.6. The van der Waals surface area contributed by atoms with E-state index in [1.807, 2.05) is 45.0 Å². The molecule has 1 aliphatic rings. The molecule has 150 valence electrons. The number of pyridine rings is 2. The number of carbonyl (C=O) groups excluding carboxylic acids is 1. The van der Waals surface area contributed by atoms with Crippen molar-refractivity contribution >= 4 is 28.8 Å². The quantitative estimate of drug-likeness (QED) is 0.471. The van der Waals surface area contributed by atoms with Crippen LogP contribution in [0.25, 0.3) is 22.7 Å². The number of hydrogen-bond donors (Lipinski definition) is 0. The maximum Gasteiger partial charge on any atom is 0.246 e. The Labute approximate surface area is 178 Å². The van der Waals surface area contributed by atoms with Crippen LogP contribution in [-0.2, 0) is 9.53 Å². The van der Waals surface area contributed by atoms with E-state index in [0.717, 1.165) is 27.2 Å². The first-order chi connectivity index (χ1) is 14.8. The van der Waals surface area contributed by atoms with E-state index in [-0.39, 0.29) is 12.0 Å². The van der Waals surface area contributed by atoms with Crippen LogP contribution in [-0.4, -0.2) is 44.9 Å². The highest BCUT2D eigenvalue weighted by molar-refractivity contribution is 7.10. The lowest BCUT2D eigenvalue weighted by Crippen LogP contribution is -2.41. The molecule has 5 heterocycles. The number of morpholine rings is 1. The van der Waals surface area contributed by atoms with Crippen molar-refractivity contribution in [2.75, 3.05) is 19.7 Å². The lowest BCUT2D eigenvalue weighted by Gasteiger charge is -2.31. The fourth-order valence-electron chi connectivity index (χ4n) is 3.64. The highest BCUT2D eigenvalue weighted by Crippen LogP contribution is 2.27. The number of carbonyl (C=O) groups is 1. The molecule has 1 aliphatic heterocycles. The third-order valence-corrected chi connectivity index (χ3v) is 6.03. The van der Waals surface area contributed by atoms with Crippen molar-refractivity contribution in [3.8, 4) is 11.1 Å². The second-order valence-electron chi connectivity index (χ2n) is 7.07. The lowest BCUT2D eigenvalue weighted by atomic mass is 10.1. The highest BCUT2D eigenvalue weighted by Gasteiger charge is 2.27. The molecule has 0 aromatic carbocycles. The van der Waals surface area contributed by atoms with Crippen molar-refractivity contribution < 1.29 is 9.53 Å². The summed E-state index contributed by atoms with van der Waals surface area (Å²) in [6.45, 7) is 1.58. The largest absolute Gasteiger partial charge is 0.368 e. The number of thiophene rings is 1. The predicted molar refractivity (Wildman–Crippen MR) is 117 cm³/mol. The average molecular weight is 417 g/mol. The number of ether oxygens (including phenoxy) is 1. The molecule has 1 amide bonds. The van der Waals surface area contributed by atoms with E-state index in [4.69, 9.17) is 4.74 Å². The Morgan fingerprint density at radius 1 is 1.17 bits per heavy atom. The lowest BCUT2D eigenvalue weighted by molar-refractivity contribution is -0.133. The third kappa shape index (κ3) is 3.77. The number of imidazole rings is 1. The molecule has 6 nitrogen and oxygen atoms in total. The molecule has 1 unspecified atom stereocenters. The first-order valence-electron chi connectivity index (χ1n) is 9.77. The topological polar surface area (TPSA) is 59.7 Å². The zero-order chi connectivity index (χ0) is 20.3. The summed E-state index contributed by atoms with van der Waals surface area (Å²) < 4.78 is 7.98. The highest BCUT2D eigenvalue weighted by atomic mass is 32.1. The summed E-state index contributed by atoms with van der Waals surface area (Å²) in [4.78, 5) is 24.2. The number of rotatable bonds is 4. The Morgan fingerprint density at radius 3 is 2.90 bits per heavy atom. The molecular weight excluding hydrogens is 396 g/mol. The fourth-order valence-corrected chi connectivity index (χ4v) is 4.26. The summed E-state index contributed by atoms with van der Waals surface area (Å²) in [7, 11) is 0. The minimum Gasteiger partial charge on any atom is -0.368 e. The van der Waals surface area contributed by atoms with Gasteiger partial charge in [0, 0.05) is 36.1 Å².